The second-order valence-electron chi connectivity index (χ2n) is 4.71. The van der Waals surface area contributed by atoms with Crippen LogP contribution in [0.5, 0.6) is 0 Å². The highest BCUT2D eigenvalue weighted by Gasteiger charge is 2.15. The highest BCUT2D eigenvalue weighted by atomic mass is 19.1. The van der Waals surface area contributed by atoms with Crippen LogP contribution in [0.25, 0.3) is 0 Å². The first-order valence-corrected chi connectivity index (χ1v) is 5.29. The van der Waals surface area contributed by atoms with Gasteiger partial charge in [0.25, 0.3) is 0 Å². The molecule has 1 N–H and O–H groups in total. The number of benzene rings is 1. The number of hydrogen-bond donors (Lipinski definition) is 1. The molecule has 0 aliphatic rings. The third kappa shape index (κ3) is 4.89. The first-order valence-electron chi connectivity index (χ1n) is 5.29. The van der Waals surface area contributed by atoms with E-state index in [9.17, 15) is 9.18 Å². The van der Waals surface area contributed by atoms with Crippen LogP contribution in [0, 0.1) is 5.82 Å². The zero-order valence-corrected chi connectivity index (χ0v) is 10.2. The number of halogens is 1. The summed E-state index contributed by atoms with van der Waals surface area (Å²) in [4.78, 5) is 11.3. The molecule has 0 fully saturated rings. The molecule has 0 saturated carbocycles. The Hall–Kier alpha value is -1.52. The molecular weight excluding hydrogens is 220 g/mol. The Morgan fingerprint density at radius 2 is 2.12 bits per heavy atom. The standard InChI is InChI=1S/C12H15BFNO2/c1-12(2,3)17-11(16)15-7-8-4-5-10(14)9(13)6-8/h4-6H,7H2,1-3H3,(H,15,16). The molecule has 17 heavy (non-hydrogen) atoms. The normalized spacial score (nSPS) is 11.1. The van der Waals surface area contributed by atoms with Crippen molar-refractivity contribution in [3.8, 4) is 0 Å². The second kappa shape index (κ2) is 5.21. The summed E-state index contributed by atoms with van der Waals surface area (Å²) in [6.45, 7) is 5.59. The van der Waals surface area contributed by atoms with Gasteiger partial charge in [-0.05, 0) is 32.4 Å². The van der Waals surface area contributed by atoms with Crippen LogP contribution in [0.3, 0.4) is 0 Å². The largest absolute Gasteiger partial charge is 0.444 e. The van der Waals surface area contributed by atoms with Gasteiger partial charge >= 0.3 is 6.09 Å². The predicted octanol–water partition coefficient (Wildman–Crippen LogP) is 1.64. The lowest BCUT2D eigenvalue weighted by Gasteiger charge is -2.19. The number of carbonyl (C=O) groups excluding carboxylic acids is 1. The molecular formula is C12H15BFNO2. The summed E-state index contributed by atoms with van der Waals surface area (Å²) in [6.07, 6.45) is -0.514. The van der Waals surface area contributed by atoms with Crippen LogP contribution in [-0.2, 0) is 11.3 Å². The zero-order valence-electron chi connectivity index (χ0n) is 10.2. The molecule has 0 aromatic heterocycles. The number of carbonyl (C=O) groups is 1. The molecule has 0 atom stereocenters. The molecule has 5 heteroatoms. The maximum Gasteiger partial charge on any atom is 0.407 e. The van der Waals surface area contributed by atoms with Gasteiger partial charge in [-0.15, -0.1) is 0 Å². The molecule has 1 aromatic carbocycles. The Balaban J connectivity index is 2.50. The van der Waals surface area contributed by atoms with Gasteiger partial charge in [-0.1, -0.05) is 17.6 Å². The van der Waals surface area contributed by atoms with Gasteiger partial charge in [0.15, 0.2) is 0 Å². The fourth-order valence-corrected chi connectivity index (χ4v) is 1.19. The van der Waals surface area contributed by atoms with Crippen LogP contribution < -0.4 is 10.8 Å². The van der Waals surface area contributed by atoms with Crippen LogP contribution in [0.2, 0.25) is 0 Å². The molecule has 0 unspecified atom stereocenters. The Kier molecular flexibility index (Phi) is 4.15. The van der Waals surface area contributed by atoms with Gasteiger partial charge in [-0.3, -0.25) is 0 Å². The molecule has 0 bridgehead atoms. The topological polar surface area (TPSA) is 38.3 Å². The van der Waals surface area contributed by atoms with E-state index in [1.54, 1.807) is 26.8 Å². The van der Waals surface area contributed by atoms with Crippen molar-refractivity contribution in [2.45, 2.75) is 32.9 Å². The molecule has 0 spiro atoms. The minimum absolute atomic E-state index is 0.0634. The number of amides is 1. The molecule has 0 heterocycles. The van der Waals surface area contributed by atoms with Gasteiger partial charge in [0, 0.05) is 6.54 Å². The number of ether oxygens (including phenoxy) is 1. The van der Waals surface area contributed by atoms with Crippen LogP contribution in [0.15, 0.2) is 18.2 Å². The highest BCUT2D eigenvalue weighted by Crippen LogP contribution is 2.07. The Morgan fingerprint density at radius 3 is 2.65 bits per heavy atom. The maximum absolute atomic E-state index is 12.9. The van der Waals surface area contributed by atoms with Gasteiger partial charge in [-0.2, -0.15) is 0 Å². The molecule has 1 amide bonds. The van der Waals surface area contributed by atoms with E-state index in [-0.39, 0.29) is 12.0 Å². The van der Waals surface area contributed by atoms with E-state index in [1.807, 2.05) is 0 Å². The number of nitrogens with one attached hydrogen (secondary N) is 1. The van der Waals surface area contributed by atoms with Crippen LogP contribution in [-0.4, -0.2) is 19.5 Å². The van der Waals surface area contributed by atoms with Gasteiger partial charge in [-0.25, -0.2) is 9.18 Å². The quantitative estimate of drug-likeness (QED) is 0.791. The molecule has 0 aliphatic heterocycles. The fraction of sp³-hybridized carbons (Fsp3) is 0.417. The average molecular weight is 235 g/mol. The maximum atomic E-state index is 12.9. The second-order valence-corrected chi connectivity index (χ2v) is 4.71. The van der Waals surface area contributed by atoms with E-state index in [0.717, 1.165) is 5.56 Å². The molecule has 1 rings (SSSR count). The Labute approximate surface area is 102 Å². The molecule has 3 nitrogen and oxygen atoms in total. The van der Waals surface area contributed by atoms with Gasteiger partial charge in [0.05, 0.1) is 0 Å². The highest BCUT2D eigenvalue weighted by molar-refractivity contribution is 6.32. The van der Waals surface area contributed by atoms with Crippen molar-refractivity contribution in [1.82, 2.24) is 5.32 Å². The first-order chi connectivity index (χ1) is 7.78. The summed E-state index contributed by atoms with van der Waals surface area (Å²) in [5.41, 5.74) is 0.245. The molecule has 90 valence electrons. The van der Waals surface area contributed by atoms with Gasteiger partial charge in [0.2, 0.25) is 0 Å². The van der Waals surface area contributed by atoms with Crippen molar-refractivity contribution in [2.24, 2.45) is 0 Å². The summed E-state index contributed by atoms with van der Waals surface area (Å²) < 4.78 is 17.9. The summed E-state index contributed by atoms with van der Waals surface area (Å²) in [5, 5.41) is 2.56. The molecule has 0 aliphatic carbocycles. The summed E-state index contributed by atoms with van der Waals surface area (Å²) >= 11 is 0. The van der Waals surface area contributed by atoms with E-state index in [2.05, 4.69) is 5.32 Å². The summed E-state index contributed by atoms with van der Waals surface area (Å²) in [7, 11) is 5.41. The first kappa shape index (κ1) is 13.5. The van der Waals surface area contributed by atoms with Crippen molar-refractivity contribution < 1.29 is 13.9 Å². The SMILES string of the molecule is [B]c1cc(CNC(=O)OC(C)(C)C)ccc1F. The molecule has 0 saturated heterocycles. The lowest BCUT2D eigenvalue weighted by Crippen LogP contribution is -2.32. The number of hydrogen-bond acceptors (Lipinski definition) is 2. The average Bonchev–Trinajstić information content (AvgIpc) is 2.17. The van der Waals surface area contributed by atoms with E-state index >= 15 is 0 Å². The Bertz CT molecular complexity index is 415. The summed E-state index contributed by atoms with van der Waals surface area (Å²) in [6, 6.07) is 4.30. The lowest BCUT2D eigenvalue weighted by molar-refractivity contribution is 0.0523. The Morgan fingerprint density at radius 1 is 1.47 bits per heavy atom. The van der Waals surface area contributed by atoms with Crippen molar-refractivity contribution in [3.05, 3.63) is 29.6 Å². The van der Waals surface area contributed by atoms with Gasteiger partial charge in [0.1, 0.15) is 19.3 Å². The predicted molar refractivity (Wildman–Crippen MR) is 64.9 cm³/mol. The minimum atomic E-state index is -0.536. The van der Waals surface area contributed by atoms with Crippen LogP contribution in [0.1, 0.15) is 26.3 Å². The number of alkyl carbamates (subject to hydrolysis) is 1. The third-order valence-electron chi connectivity index (χ3n) is 1.90. The van der Waals surface area contributed by atoms with Crippen molar-refractivity contribution in [2.75, 3.05) is 0 Å². The van der Waals surface area contributed by atoms with Crippen molar-refractivity contribution in [3.63, 3.8) is 0 Å². The van der Waals surface area contributed by atoms with Crippen LogP contribution >= 0.6 is 0 Å². The van der Waals surface area contributed by atoms with Gasteiger partial charge < -0.3 is 10.1 Å². The molecule has 2 radical (unpaired) electrons. The third-order valence-corrected chi connectivity index (χ3v) is 1.90. The zero-order chi connectivity index (χ0) is 13.1. The van der Waals surface area contributed by atoms with E-state index < -0.39 is 17.5 Å². The monoisotopic (exact) mass is 235 g/mol. The molecule has 1 aromatic rings. The van der Waals surface area contributed by atoms with Crippen molar-refractivity contribution in [1.29, 1.82) is 0 Å². The van der Waals surface area contributed by atoms with Crippen LogP contribution in [0.4, 0.5) is 9.18 Å². The minimum Gasteiger partial charge on any atom is -0.444 e. The van der Waals surface area contributed by atoms with E-state index in [1.165, 1.54) is 12.1 Å². The van der Waals surface area contributed by atoms with Crippen molar-refractivity contribution >= 4 is 19.4 Å². The fourth-order valence-electron chi connectivity index (χ4n) is 1.19. The summed E-state index contributed by atoms with van der Waals surface area (Å²) in [5.74, 6) is -0.467. The van der Waals surface area contributed by atoms with E-state index in [4.69, 9.17) is 12.6 Å². The van der Waals surface area contributed by atoms with E-state index in [0.29, 0.717) is 0 Å². The number of rotatable bonds is 2. The smallest absolute Gasteiger partial charge is 0.407 e. The lowest BCUT2D eigenvalue weighted by atomic mass is 9.94.